The van der Waals surface area contributed by atoms with Crippen molar-refractivity contribution >= 4 is 11.9 Å². The van der Waals surface area contributed by atoms with Crippen molar-refractivity contribution in [3.8, 4) is 11.5 Å². The van der Waals surface area contributed by atoms with E-state index in [0.29, 0.717) is 18.6 Å². The molecule has 1 aromatic rings. The summed E-state index contributed by atoms with van der Waals surface area (Å²) in [6.07, 6.45) is 1.32. The summed E-state index contributed by atoms with van der Waals surface area (Å²) in [6.45, 7) is 2.30. The number of nitrogens with zero attached hydrogens (tertiary/aromatic N) is 1. The zero-order valence-corrected chi connectivity index (χ0v) is 18.2. The van der Waals surface area contributed by atoms with Gasteiger partial charge in [0.1, 0.15) is 5.76 Å². The number of nitrogens with two attached hydrogens (primary N) is 1. The summed E-state index contributed by atoms with van der Waals surface area (Å²) < 4.78 is 17.0. The molecule has 1 aromatic carbocycles. The highest BCUT2D eigenvalue weighted by Crippen LogP contribution is 2.65. The van der Waals surface area contributed by atoms with Gasteiger partial charge in [-0.05, 0) is 51.1 Å². The highest BCUT2D eigenvalue weighted by Gasteiger charge is 2.72. The first kappa shape index (κ1) is 21.2. The fraction of sp³-hybridized carbons (Fsp3) is 0.565. The summed E-state index contributed by atoms with van der Waals surface area (Å²) in [5.41, 5.74) is 5.23. The van der Waals surface area contributed by atoms with Crippen LogP contribution in [0.3, 0.4) is 0 Å². The summed E-state index contributed by atoms with van der Waals surface area (Å²) in [6, 6.07) is 3.36. The molecule has 2 bridgehead atoms. The van der Waals surface area contributed by atoms with Crippen LogP contribution in [0.15, 0.2) is 24.0 Å². The normalized spacial score (nSPS) is 32.9. The fourth-order valence-electron chi connectivity index (χ4n) is 6.06. The molecule has 4 aliphatic rings. The zero-order valence-electron chi connectivity index (χ0n) is 18.2. The van der Waals surface area contributed by atoms with Gasteiger partial charge < -0.3 is 35.1 Å². The summed E-state index contributed by atoms with van der Waals surface area (Å²) in [5.74, 6) is -0.685. The van der Waals surface area contributed by atoms with Crippen molar-refractivity contribution in [1.82, 2.24) is 4.90 Å². The zero-order chi connectivity index (χ0) is 22.8. The maximum absolute atomic E-state index is 12.7. The van der Waals surface area contributed by atoms with Gasteiger partial charge in [0.25, 0.3) is 0 Å². The highest BCUT2D eigenvalue weighted by molar-refractivity contribution is 5.80. The summed E-state index contributed by atoms with van der Waals surface area (Å²) in [4.78, 5) is 26.6. The summed E-state index contributed by atoms with van der Waals surface area (Å²) in [5, 5.41) is 22.6. The Morgan fingerprint density at radius 1 is 1.41 bits per heavy atom. The van der Waals surface area contributed by atoms with Gasteiger partial charge in [0.15, 0.2) is 23.7 Å². The first-order valence-corrected chi connectivity index (χ1v) is 11.0. The molecule has 5 rings (SSSR count). The number of likely N-dealkylation sites (N-methyl/N-ethyl adjacent to an activating group) is 1. The standard InChI is InChI=1S/C23H28N2O7/c1-12(30-17(27)6-9-24)21(28)31-15-5-7-23(29)16-11-13-3-4-14(26)19-18(13)22(23,20(15)32-19)8-10-25(16)2/h3-5,12,16,20,26,29H,6-11,24H2,1-2H3/t12-,16?,20-,22-,23-/m0/s1. The molecule has 1 spiro atoms. The van der Waals surface area contributed by atoms with Crippen molar-refractivity contribution in [2.75, 3.05) is 20.1 Å². The molecule has 172 valence electrons. The molecule has 1 unspecified atom stereocenters. The van der Waals surface area contributed by atoms with Crippen LogP contribution in [0.1, 0.15) is 37.3 Å². The Kier molecular flexibility index (Phi) is 4.77. The summed E-state index contributed by atoms with van der Waals surface area (Å²) in [7, 11) is 2.00. The third-order valence-corrected chi connectivity index (χ3v) is 7.56. The molecular weight excluding hydrogens is 416 g/mol. The van der Waals surface area contributed by atoms with Crippen LogP contribution in [0.2, 0.25) is 0 Å². The molecule has 1 saturated heterocycles. The van der Waals surface area contributed by atoms with E-state index in [9.17, 15) is 19.8 Å². The number of piperidine rings is 1. The number of benzene rings is 1. The minimum atomic E-state index is -1.13. The molecule has 2 heterocycles. The predicted molar refractivity (Wildman–Crippen MR) is 112 cm³/mol. The monoisotopic (exact) mass is 444 g/mol. The molecule has 0 amide bonds. The molecule has 0 saturated carbocycles. The Bertz CT molecular complexity index is 1020. The summed E-state index contributed by atoms with van der Waals surface area (Å²) >= 11 is 0. The van der Waals surface area contributed by atoms with E-state index in [1.165, 1.54) is 6.92 Å². The van der Waals surface area contributed by atoms with Gasteiger partial charge in [-0.15, -0.1) is 0 Å². The van der Waals surface area contributed by atoms with E-state index in [1.54, 1.807) is 12.1 Å². The number of hydrogen-bond donors (Lipinski definition) is 3. The molecule has 4 N–H and O–H groups in total. The van der Waals surface area contributed by atoms with Crippen LogP contribution in [0, 0.1) is 0 Å². The number of ether oxygens (including phenoxy) is 3. The molecule has 32 heavy (non-hydrogen) atoms. The Morgan fingerprint density at radius 3 is 2.94 bits per heavy atom. The molecular formula is C23H28N2O7. The molecule has 0 aromatic heterocycles. The average Bonchev–Trinajstić information content (AvgIpc) is 3.10. The fourth-order valence-corrected chi connectivity index (χ4v) is 6.06. The number of carbonyl (C=O) groups excluding carboxylic acids is 2. The molecule has 0 radical (unpaired) electrons. The number of aromatic hydroxyl groups is 1. The lowest BCUT2D eigenvalue weighted by atomic mass is 9.50. The number of phenolic OH excluding ortho intramolecular Hbond substituents is 1. The minimum Gasteiger partial charge on any atom is -0.504 e. The second-order valence-corrected chi connectivity index (χ2v) is 9.19. The molecule has 9 heteroatoms. The van der Waals surface area contributed by atoms with E-state index < -0.39 is 35.2 Å². The van der Waals surface area contributed by atoms with Crippen molar-refractivity contribution in [1.29, 1.82) is 0 Å². The first-order valence-electron chi connectivity index (χ1n) is 11.0. The highest BCUT2D eigenvalue weighted by atomic mass is 16.6. The van der Waals surface area contributed by atoms with Crippen molar-refractivity contribution in [3.63, 3.8) is 0 Å². The van der Waals surface area contributed by atoms with Gasteiger partial charge in [0.2, 0.25) is 0 Å². The van der Waals surface area contributed by atoms with Crippen LogP contribution in [-0.2, 0) is 30.9 Å². The third-order valence-electron chi connectivity index (χ3n) is 7.56. The third kappa shape index (κ3) is 2.68. The SMILES string of the molecule is C[C@H](OC(=O)CCN)C(=O)OC1=CC[C@]2(O)C3Cc4ccc(O)c5c4[C@@]2(CCN3C)[C@H]1O5. The maximum atomic E-state index is 12.7. The maximum Gasteiger partial charge on any atom is 0.352 e. The van der Waals surface area contributed by atoms with Crippen molar-refractivity contribution in [3.05, 3.63) is 35.1 Å². The van der Waals surface area contributed by atoms with Gasteiger partial charge >= 0.3 is 11.9 Å². The van der Waals surface area contributed by atoms with Gasteiger partial charge in [-0.25, -0.2) is 4.79 Å². The smallest absolute Gasteiger partial charge is 0.352 e. The number of esters is 2. The number of rotatable bonds is 5. The number of aliphatic hydroxyl groups is 1. The second-order valence-electron chi connectivity index (χ2n) is 9.19. The van der Waals surface area contributed by atoms with Gasteiger partial charge in [-0.2, -0.15) is 0 Å². The molecule has 2 aliphatic carbocycles. The van der Waals surface area contributed by atoms with Crippen LogP contribution in [0.4, 0.5) is 0 Å². The van der Waals surface area contributed by atoms with E-state index in [-0.39, 0.29) is 36.9 Å². The topological polar surface area (TPSA) is 132 Å². The molecule has 2 aliphatic heterocycles. The minimum absolute atomic E-state index is 0.00186. The number of likely N-dealkylation sites (tertiary alicyclic amines) is 1. The lowest BCUT2D eigenvalue weighted by molar-refractivity contribution is -0.175. The lowest BCUT2D eigenvalue weighted by Gasteiger charge is -2.61. The molecule has 1 fully saturated rings. The molecule has 9 nitrogen and oxygen atoms in total. The van der Waals surface area contributed by atoms with E-state index in [0.717, 1.165) is 17.7 Å². The van der Waals surface area contributed by atoms with E-state index in [2.05, 4.69) is 4.90 Å². The number of phenols is 1. The van der Waals surface area contributed by atoms with Crippen LogP contribution in [0.25, 0.3) is 0 Å². The van der Waals surface area contributed by atoms with Crippen molar-refractivity contribution in [2.24, 2.45) is 5.73 Å². The van der Waals surface area contributed by atoms with Crippen LogP contribution >= 0.6 is 0 Å². The van der Waals surface area contributed by atoms with Crippen LogP contribution in [-0.4, -0.2) is 71.0 Å². The van der Waals surface area contributed by atoms with Crippen LogP contribution in [0.5, 0.6) is 11.5 Å². The lowest BCUT2D eigenvalue weighted by Crippen LogP contribution is -2.74. The Balaban J connectivity index is 1.51. The Labute approximate surface area is 185 Å². The number of carbonyl (C=O) groups is 2. The van der Waals surface area contributed by atoms with Gasteiger partial charge in [0, 0.05) is 24.6 Å². The van der Waals surface area contributed by atoms with Gasteiger partial charge in [-0.1, -0.05) is 6.07 Å². The Morgan fingerprint density at radius 2 is 2.19 bits per heavy atom. The van der Waals surface area contributed by atoms with Crippen molar-refractivity contribution in [2.45, 2.75) is 61.9 Å². The van der Waals surface area contributed by atoms with E-state index in [4.69, 9.17) is 19.9 Å². The average molecular weight is 444 g/mol. The van der Waals surface area contributed by atoms with Crippen LogP contribution < -0.4 is 10.5 Å². The quantitative estimate of drug-likeness (QED) is 0.555. The van der Waals surface area contributed by atoms with E-state index >= 15 is 0 Å². The van der Waals surface area contributed by atoms with Gasteiger partial charge in [-0.3, -0.25) is 4.79 Å². The first-order chi connectivity index (χ1) is 15.2. The Hall–Kier alpha value is -2.62. The largest absolute Gasteiger partial charge is 0.504 e. The molecule has 5 atom stereocenters. The predicted octanol–water partition coefficient (Wildman–Crippen LogP) is 0.494. The van der Waals surface area contributed by atoms with Gasteiger partial charge in [0.05, 0.1) is 17.4 Å². The second kappa shape index (κ2) is 7.19. The van der Waals surface area contributed by atoms with E-state index in [1.807, 2.05) is 13.1 Å². The number of hydrogen-bond acceptors (Lipinski definition) is 9. The van der Waals surface area contributed by atoms with Crippen molar-refractivity contribution < 1.29 is 34.0 Å².